The number of rotatable bonds is 10. The van der Waals surface area contributed by atoms with Gasteiger partial charge < -0.3 is 14.2 Å². The van der Waals surface area contributed by atoms with Gasteiger partial charge in [-0.05, 0) is 90.0 Å². The Labute approximate surface area is 318 Å². The molecule has 0 spiro atoms. The fraction of sp³-hybridized carbons (Fsp3) is 0.162. The number of carbonyl (C=O) groups is 1. The van der Waals surface area contributed by atoms with Gasteiger partial charge in [0.2, 0.25) is 0 Å². The smallest absolute Gasteiger partial charge is 0.338 e. The lowest BCUT2D eigenvalue weighted by molar-refractivity contribution is -0.138. The van der Waals surface area contributed by atoms with Crippen LogP contribution in [0.15, 0.2) is 105 Å². The van der Waals surface area contributed by atoms with Crippen molar-refractivity contribution in [2.24, 2.45) is 4.99 Å². The zero-order valence-corrected chi connectivity index (χ0v) is 32.3. The number of hydrogen-bond donors (Lipinski definition) is 0. The van der Waals surface area contributed by atoms with E-state index in [1.54, 1.807) is 29.7 Å². The van der Waals surface area contributed by atoms with Crippen molar-refractivity contribution in [3.8, 4) is 11.5 Å². The van der Waals surface area contributed by atoms with E-state index in [-0.39, 0.29) is 24.3 Å². The number of aromatic nitrogens is 1. The molecule has 0 amide bonds. The molecule has 0 saturated carbocycles. The van der Waals surface area contributed by atoms with Crippen LogP contribution in [0, 0.1) is 3.57 Å². The zero-order valence-electron chi connectivity index (χ0n) is 26.2. The summed E-state index contributed by atoms with van der Waals surface area (Å²) in [5.74, 6) is 0.736. The van der Waals surface area contributed by atoms with Crippen molar-refractivity contribution in [2.45, 2.75) is 26.5 Å². The lowest BCUT2D eigenvalue weighted by Crippen LogP contribution is -2.40. The molecule has 0 saturated heterocycles. The van der Waals surface area contributed by atoms with Crippen molar-refractivity contribution in [3.63, 3.8) is 0 Å². The molecule has 6 rings (SSSR count). The van der Waals surface area contributed by atoms with Crippen LogP contribution in [0.25, 0.3) is 11.8 Å². The Morgan fingerprint density at radius 1 is 0.980 bits per heavy atom. The first-order valence-corrected chi connectivity index (χ1v) is 18.7. The quantitative estimate of drug-likeness (QED) is 0.104. The van der Waals surface area contributed by atoms with Gasteiger partial charge in [0.15, 0.2) is 4.80 Å². The molecule has 0 N–H and O–H groups in total. The number of esters is 1. The normalized spacial score (nSPS) is 14.3. The third-order valence-corrected chi connectivity index (χ3v) is 10.6. The first-order chi connectivity index (χ1) is 23.7. The van der Waals surface area contributed by atoms with Gasteiger partial charge in [-0.25, -0.2) is 9.79 Å². The summed E-state index contributed by atoms with van der Waals surface area (Å²) in [4.78, 5) is 33.6. The fourth-order valence-corrected chi connectivity index (χ4v) is 8.45. The summed E-state index contributed by atoms with van der Waals surface area (Å²) in [7, 11) is 0. The van der Waals surface area contributed by atoms with Crippen molar-refractivity contribution >= 4 is 90.8 Å². The second-order valence-electron chi connectivity index (χ2n) is 10.8. The SMILES string of the molecule is CCOC(=O)C1=C(c2ccccc2)N=c2s/c(=C\c3cc(Br)cc(I)c3OCc3ccc(Cl)c(Cl)c3)c(=O)n2[C@@H]1c1ccc(OCC)cc1. The van der Waals surface area contributed by atoms with Crippen molar-refractivity contribution < 1.29 is 19.0 Å². The van der Waals surface area contributed by atoms with Crippen molar-refractivity contribution in [1.82, 2.24) is 4.57 Å². The molecule has 1 aromatic heterocycles. The Balaban J connectivity index is 1.54. The molecule has 0 bridgehead atoms. The molecule has 1 atom stereocenters. The molecule has 0 aliphatic carbocycles. The highest BCUT2D eigenvalue weighted by Crippen LogP contribution is 2.36. The van der Waals surface area contributed by atoms with E-state index >= 15 is 0 Å². The van der Waals surface area contributed by atoms with Gasteiger partial charge in [0, 0.05) is 15.6 Å². The number of fused-ring (bicyclic) bond motifs is 1. The van der Waals surface area contributed by atoms with Crippen LogP contribution in [-0.4, -0.2) is 23.8 Å². The van der Waals surface area contributed by atoms with E-state index in [4.69, 9.17) is 42.4 Å². The summed E-state index contributed by atoms with van der Waals surface area (Å²) in [6.45, 7) is 4.57. The van der Waals surface area contributed by atoms with Crippen LogP contribution < -0.4 is 24.4 Å². The van der Waals surface area contributed by atoms with Gasteiger partial charge >= 0.3 is 5.97 Å². The Bertz CT molecular complexity index is 2260. The summed E-state index contributed by atoms with van der Waals surface area (Å²) in [6.07, 6.45) is 1.80. The van der Waals surface area contributed by atoms with Gasteiger partial charge in [-0.2, -0.15) is 0 Å². The van der Waals surface area contributed by atoms with Crippen LogP contribution in [0.2, 0.25) is 10.0 Å². The first kappa shape index (κ1) is 35.4. The molecule has 12 heteroatoms. The van der Waals surface area contributed by atoms with E-state index in [0.717, 1.165) is 19.2 Å². The van der Waals surface area contributed by atoms with E-state index in [1.165, 1.54) is 11.3 Å². The maximum Gasteiger partial charge on any atom is 0.338 e. The predicted molar refractivity (Wildman–Crippen MR) is 206 cm³/mol. The largest absolute Gasteiger partial charge is 0.494 e. The minimum Gasteiger partial charge on any atom is -0.494 e. The molecule has 49 heavy (non-hydrogen) atoms. The van der Waals surface area contributed by atoms with Crippen LogP contribution in [0.5, 0.6) is 11.5 Å². The fourth-order valence-electron chi connectivity index (χ4n) is 5.43. The van der Waals surface area contributed by atoms with E-state index in [9.17, 15) is 9.59 Å². The molecule has 1 aliphatic heterocycles. The average molecular weight is 890 g/mol. The predicted octanol–water partition coefficient (Wildman–Crippen LogP) is 8.59. The number of halogens is 4. The maximum atomic E-state index is 14.5. The first-order valence-electron chi connectivity index (χ1n) is 15.3. The summed E-state index contributed by atoms with van der Waals surface area (Å²) in [5.41, 5.74) is 3.40. The summed E-state index contributed by atoms with van der Waals surface area (Å²) >= 11 is 19.4. The molecule has 1 aliphatic rings. The maximum absolute atomic E-state index is 14.5. The number of carbonyl (C=O) groups excluding carboxylic acids is 1. The third-order valence-electron chi connectivity index (χ3n) is 7.57. The number of ether oxygens (including phenoxy) is 3. The van der Waals surface area contributed by atoms with Crippen LogP contribution in [0.3, 0.4) is 0 Å². The Morgan fingerprint density at radius 2 is 1.73 bits per heavy atom. The highest BCUT2D eigenvalue weighted by Gasteiger charge is 2.35. The summed E-state index contributed by atoms with van der Waals surface area (Å²) in [6, 6.07) is 25.2. The number of thiazole rings is 1. The average Bonchev–Trinajstić information content (AvgIpc) is 3.40. The topological polar surface area (TPSA) is 79.1 Å². The number of benzene rings is 4. The summed E-state index contributed by atoms with van der Waals surface area (Å²) in [5, 5.41) is 0.901. The Hall–Kier alpha value is -3.42. The molecule has 4 aromatic carbocycles. The second-order valence-corrected chi connectivity index (χ2v) is 14.7. The van der Waals surface area contributed by atoms with Crippen LogP contribution in [0.1, 0.15) is 42.1 Å². The van der Waals surface area contributed by atoms with Gasteiger partial charge in [0.1, 0.15) is 18.1 Å². The third kappa shape index (κ3) is 7.68. The standard InChI is InChI=1S/C37H28BrCl2IN2O5S/c1-3-46-26-13-11-23(12-14-26)33-31(36(45)47-4-2)32(22-8-6-5-7-9-22)42-37-43(33)35(44)30(49-37)18-24-17-25(38)19-29(41)34(24)48-20-21-10-15-27(39)28(40)16-21/h5-19,33H,3-4,20H2,1-2H3/b30-18-/t33-/m1/s1. The van der Waals surface area contributed by atoms with E-state index in [1.807, 2.05) is 79.7 Å². The molecule has 7 nitrogen and oxygen atoms in total. The monoisotopic (exact) mass is 888 g/mol. The molecular weight excluding hydrogens is 862 g/mol. The van der Waals surface area contributed by atoms with Crippen LogP contribution in [0.4, 0.5) is 0 Å². The van der Waals surface area contributed by atoms with Crippen molar-refractivity contribution in [2.75, 3.05) is 13.2 Å². The molecule has 250 valence electrons. The van der Waals surface area contributed by atoms with Gasteiger partial charge in [-0.15, -0.1) is 0 Å². The van der Waals surface area contributed by atoms with Crippen molar-refractivity contribution in [1.29, 1.82) is 0 Å². The number of hydrogen-bond acceptors (Lipinski definition) is 7. The van der Waals surface area contributed by atoms with E-state index < -0.39 is 12.0 Å². The second kappa shape index (κ2) is 15.6. The highest BCUT2D eigenvalue weighted by molar-refractivity contribution is 14.1. The molecule has 0 unspecified atom stereocenters. The molecule has 0 fully saturated rings. The van der Waals surface area contributed by atoms with Crippen LogP contribution >= 0.6 is 73.1 Å². The molecular formula is C37H28BrCl2IN2O5S. The molecule has 2 heterocycles. The summed E-state index contributed by atoms with van der Waals surface area (Å²) < 4.78 is 21.2. The Kier molecular flexibility index (Phi) is 11.3. The van der Waals surface area contributed by atoms with E-state index in [0.29, 0.717) is 54.3 Å². The minimum atomic E-state index is -0.809. The van der Waals surface area contributed by atoms with Crippen molar-refractivity contribution in [3.05, 3.63) is 151 Å². The Morgan fingerprint density at radius 3 is 2.43 bits per heavy atom. The lowest BCUT2D eigenvalue weighted by atomic mass is 9.93. The number of nitrogens with zero attached hydrogens (tertiary/aromatic N) is 2. The minimum absolute atomic E-state index is 0.164. The van der Waals surface area contributed by atoms with Gasteiger partial charge in [-0.1, -0.05) is 99.0 Å². The van der Waals surface area contributed by atoms with Gasteiger partial charge in [0.05, 0.1) is 48.7 Å². The zero-order chi connectivity index (χ0) is 34.7. The molecule has 5 aromatic rings. The van der Waals surface area contributed by atoms with Gasteiger partial charge in [0.25, 0.3) is 5.56 Å². The van der Waals surface area contributed by atoms with Gasteiger partial charge in [-0.3, -0.25) is 9.36 Å². The van der Waals surface area contributed by atoms with E-state index in [2.05, 4.69) is 38.5 Å². The lowest BCUT2D eigenvalue weighted by Gasteiger charge is -2.26. The van der Waals surface area contributed by atoms with Crippen LogP contribution in [-0.2, 0) is 16.1 Å². The molecule has 0 radical (unpaired) electrons. The highest BCUT2D eigenvalue weighted by atomic mass is 127.